The number of sulfonamides is 1. The van der Waals surface area contributed by atoms with Gasteiger partial charge in [-0.3, -0.25) is 9.10 Å². The SMILES string of the molecule is Cc1ccccc1CNC(=O)C(C)N(c1cccc(Cl)c1)S(C)(=O)=O. The summed E-state index contributed by atoms with van der Waals surface area (Å²) in [5.41, 5.74) is 2.40. The molecule has 5 nitrogen and oxygen atoms in total. The van der Waals surface area contributed by atoms with Crippen molar-refractivity contribution in [3.05, 3.63) is 64.7 Å². The van der Waals surface area contributed by atoms with Gasteiger partial charge in [0.25, 0.3) is 0 Å². The molecule has 1 atom stereocenters. The minimum Gasteiger partial charge on any atom is -0.350 e. The van der Waals surface area contributed by atoms with E-state index in [1.54, 1.807) is 25.1 Å². The molecule has 0 bridgehead atoms. The van der Waals surface area contributed by atoms with Crippen molar-refractivity contribution in [3.8, 4) is 0 Å². The summed E-state index contributed by atoms with van der Waals surface area (Å²) in [6.45, 7) is 3.85. The molecule has 0 radical (unpaired) electrons. The number of carbonyl (C=O) groups excluding carboxylic acids is 1. The van der Waals surface area contributed by atoms with Gasteiger partial charge in [0, 0.05) is 11.6 Å². The molecular weight excluding hydrogens is 360 g/mol. The molecule has 0 fully saturated rings. The minimum absolute atomic E-state index is 0.336. The predicted molar refractivity (Wildman–Crippen MR) is 101 cm³/mol. The second kappa shape index (κ2) is 7.89. The lowest BCUT2D eigenvalue weighted by molar-refractivity contribution is -0.122. The molecule has 2 rings (SSSR count). The van der Waals surface area contributed by atoms with Crippen LogP contribution in [0.5, 0.6) is 0 Å². The van der Waals surface area contributed by atoms with Crippen molar-refractivity contribution in [1.29, 1.82) is 0 Å². The molecule has 7 heteroatoms. The highest BCUT2D eigenvalue weighted by atomic mass is 35.5. The van der Waals surface area contributed by atoms with Crippen molar-refractivity contribution in [2.45, 2.75) is 26.4 Å². The first-order valence-electron chi connectivity index (χ1n) is 7.77. The Labute approximate surface area is 153 Å². The van der Waals surface area contributed by atoms with E-state index in [1.807, 2.05) is 31.2 Å². The van der Waals surface area contributed by atoms with Crippen molar-refractivity contribution in [3.63, 3.8) is 0 Å². The van der Waals surface area contributed by atoms with E-state index in [2.05, 4.69) is 5.32 Å². The molecule has 2 aromatic carbocycles. The first-order chi connectivity index (χ1) is 11.7. The number of anilines is 1. The maximum atomic E-state index is 12.5. The number of nitrogens with one attached hydrogen (secondary N) is 1. The van der Waals surface area contributed by atoms with Crippen LogP contribution in [0.15, 0.2) is 48.5 Å². The Morgan fingerprint density at radius 1 is 1.20 bits per heavy atom. The van der Waals surface area contributed by atoms with Crippen LogP contribution in [0.25, 0.3) is 0 Å². The molecule has 134 valence electrons. The molecule has 0 aromatic heterocycles. The highest BCUT2D eigenvalue weighted by Crippen LogP contribution is 2.24. The van der Waals surface area contributed by atoms with Gasteiger partial charge >= 0.3 is 0 Å². The fourth-order valence-corrected chi connectivity index (χ4v) is 3.91. The van der Waals surface area contributed by atoms with Crippen molar-refractivity contribution < 1.29 is 13.2 Å². The summed E-state index contributed by atoms with van der Waals surface area (Å²) in [5.74, 6) is -0.381. The van der Waals surface area contributed by atoms with Crippen LogP contribution in [0.1, 0.15) is 18.1 Å². The van der Waals surface area contributed by atoms with Gasteiger partial charge < -0.3 is 5.32 Å². The largest absolute Gasteiger partial charge is 0.350 e. The summed E-state index contributed by atoms with van der Waals surface area (Å²) in [6.07, 6.45) is 1.07. The summed E-state index contributed by atoms with van der Waals surface area (Å²) in [6, 6.07) is 13.2. The lowest BCUT2D eigenvalue weighted by Gasteiger charge is -2.28. The Morgan fingerprint density at radius 2 is 1.88 bits per heavy atom. The molecule has 1 amide bonds. The number of hydrogen-bond donors (Lipinski definition) is 1. The fourth-order valence-electron chi connectivity index (χ4n) is 2.56. The number of benzene rings is 2. The zero-order valence-electron chi connectivity index (χ0n) is 14.4. The van der Waals surface area contributed by atoms with Gasteiger partial charge in [0.15, 0.2) is 0 Å². The third-order valence-electron chi connectivity index (χ3n) is 3.87. The van der Waals surface area contributed by atoms with E-state index < -0.39 is 16.1 Å². The average molecular weight is 381 g/mol. The van der Waals surface area contributed by atoms with Crippen LogP contribution >= 0.6 is 11.6 Å². The molecular formula is C18H21ClN2O3S. The molecule has 0 saturated carbocycles. The second-order valence-corrected chi connectivity index (χ2v) is 8.15. The van der Waals surface area contributed by atoms with Crippen LogP contribution in [0.2, 0.25) is 5.02 Å². The molecule has 0 heterocycles. The zero-order chi connectivity index (χ0) is 18.6. The van der Waals surface area contributed by atoms with Crippen LogP contribution in [-0.4, -0.2) is 26.6 Å². The third kappa shape index (κ3) is 4.96. The van der Waals surface area contributed by atoms with Crippen molar-refractivity contribution in [2.75, 3.05) is 10.6 Å². The summed E-state index contributed by atoms with van der Waals surface area (Å²) >= 11 is 5.96. The number of halogens is 1. The number of carbonyl (C=O) groups is 1. The Kier molecular flexibility index (Phi) is 6.08. The maximum absolute atomic E-state index is 12.5. The fraction of sp³-hybridized carbons (Fsp3) is 0.278. The number of nitrogens with zero attached hydrogens (tertiary/aromatic N) is 1. The first kappa shape index (κ1) is 19.3. The zero-order valence-corrected chi connectivity index (χ0v) is 15.9. The van der Waals surface area contributed by atoms with E-state index in [1.165, 1.54) is 6.07 Å². The standard InChI is InChI=1S/C18H21ClN2O3S/c1-13-7-4-5-8-15(13)12-20-18(22)14(2)21(25(3,23)24)17-10-6-9-16(19)11-17/h4-11,14H,12H2,1-3H3,(H,20,22). The van der Waals surface area contributed by atoms with Crippen molar-refractivity contribution in [1.82, 2.24) is 5.32 Å². The Hall–Kier alpha value is -2.05. The Morgan fingerprint density at radius 3 is 2.48 bits per heavy atom. The molecule has 1 unspecified atom stereocenters. The predicted octanol–water partition coefficient (Wildman–Crippen LogP) is 3.12. The third-order valence-corrected chi connectivity index (χ3v) is 5.34. The van der Waals surface area contributed by atoms with Gasteiger partial charge in [-0.2, -0.15) is 0 Å². The van der Waals surface area contributed by atoms with Crippen molar-refractivity contribution in [2.24, 2.45) is 0 Å². The molecule has 0 spiro atoms. The summed E-state index contributed by atoms with van der Waals surface area (Å²) in [5, 5.41) is 3.20. The van der Waals surface area contributed by atoms with E-state index >= 15 is 0 Å². The van der Waals surface area contributed by atoms with Crippen LogP contribution < -0.4 is 9.62 Å². The molecule has 1 N–H and O–H groups in total. The summed E-state index contributed by atoms with van der Waals surface area (Å²) in [4.78, 5) is 12.5. The number of aryl methyl sites for hydroxylation is 1. The molecule has 25 heavy (non-hydrogen) atoms. The van der Waals surface area contributed by atoms with Gasteiger partial charge in [0.05, 0.1) is 11.9 Å². The van der Waals surface area contributed by atoms with Gasteiger partial charge in [0.1, 0.15) is 6.04 Å². The normalized spacial score (nSPS) is 12.5. The highest BCUT2D eigenvalue weighted by molar-refractivity contribution is 7.92. The van der Waals surface area contributed by atoms with Gasteiger partial charge in [-0.15, -0.1) is 0 Å². The molecule has 0 aliphatic heterocycles. The highest BCUT2D eigenvalue weighted by Gasteiger charge is 2.29. The van der Waals surface area contributed by atoms with E-state index in [0.717, 1.165) is 21.7 Å². The van der Waals surface area contributed by atoms with Gasteiger partial charge in [-0.1, -0.05) is 41.9 Å². The van der Waals surface area contributed by atoms with Crippen LogP contribution in [-0.2, 0) is 21.4 Å². The smallest absolute Gasteiger partial charge is 0.243 e. The monoisotopic (exact) mass is 380 g/mol. The number of hydrogen-bond acceptors (Lipinski definition) is 3. The quantitative estimate of drug-likeness (QED) is 0.837. The second-order valence-electron chi connectivity index (χ2n) is 5.86. The lowest BCUT2D eigenvalue weighted by atomic mass is 10.1. The van der Waals surface area contributed by atoms with Crippen LogP contribution in [0.3, 0.4) is 0 Å². The van der Waals surface area contributed by atoms with Gasteiger partial charge in [-0.25, -0.2) is 8.42 Å². The van der Waals surface area contributed by atoms with E-state index in [4.69, 9.17) is 11.6 Å². The van der Waals surface area contributed by atoms with E-state index in [0.29, 0.717) is 17.3 Å². The lowest BCUT2D eigenvalue weighted by Crippen LogP contribution is -2.47. The minimum atomic E-state index is -3.66. The number of amides is 1. The number of rotatable bonds is 6. The van der Waals surface area contributed by atoms with Crippen LogP contribution in [0.4, 0.5) is 5.69 Å². The van der Waals surface area contributed by atoms with Gasteiger partial charge in [-0.05, 0) is 43.2 Å². The molecule has 0 aliphatic carbocycles. The van der Waals surface area contributed by atoms with E-state index in [-0.39, 0.29) is 5.91 Å². The Bertz CT molecular complexity index is 868. The molecule has 0 saturated heterocycles. The van der Waals surface area contributed by atoms with Crippen molar-refractivity contribution >= 4 is 33.2 Å². The molecule has 2 aromatic rings. The first-order valence-corrected chi connectivity index (χ1v) is 10.00. The van der Waals surface area contributed by atoms with E-state index in [9.17, 15) is 13.2 Å². The van der Waals surface area contributed by atoms with Crippen LogP contribution in [0, 0.1) is 6.92 Å². The van der Waals surface area contributed by atoms with Gasteiger partial charge in [0.2, 0.25) is 15.9 Å². The maximum Gasteiger partial charge on any atom is 0.243 e. The average Bonchev–Trinajstić information content (AvgIpc) is 2.52. The summed E-state index contributed by atoms with van der Waals surface area (Å²) in [7, 11) is -3.66. The summed E-state index contributed by atoms with van der Waals surface area (Å²) < 4.78 is 25.5. The topological polar surface area (TPSA) is 66.5 Å². The molecule has 0 aliphatic rings. The Balaban J connectivity index is 2.20.